The van der Waals surface area contributed by atoms with Crippen LogP contribution in [-0.2, 0) is 0 Å². The monoisotopic (exact) mass is 339 g/mol. The van der Waals surface area contributed by atoms with Crippen LogP contribution in [0.3, 0.4) is 0 Å². The van der Waals surface area contributed by atoms with E-state index >= 15 is 0 Å². The van der Waals surface area contributed by atoms with Gasteiger partial charge in [-0.2, -0.15) is 4.98 Å². The lowest BCUT2D eigenvalue weighted by Gasteiger charge is -2.06. The van der Waals surface area contributed by atoms with Crippen molar-refractivity contribution in [3.63, 3.8) is 0 Å². The molecule has 2 aromatic heterocycles. The quantitative estimate of drug-likeness (QED) is 0.875. The Morgan fingerprint density at radius 2 is 2.45 bits per heavy atom. The number of aromatic nitrogens is 4. The second-order valence-electron chi connectivity index (χ2n) is 4.54. The number of nitrogens with one attached hydrogen (secondary N) is 2. The Morgan fingerprint density at radius 1 is 1.65 bits per heavy atom. The lowest BCUT2D eigenvalue weighted by Crippen LogP contribution is -2.17. The van der Waals surface area contributed by atoms with Crippen LogP contribution < -0.4 is 10.1 Å². The molecule has 0 spiro atoms. The molecule has 7 nitrogen and oxygen atoms in total. The second-order valence-corrected chi connectivity index (χ2v) is 5.45. The van der Waals surface area contributed by atoms with Gasteiger partial charge in [0, 0.05) is 16.7 Å². The number of nitrogens with zero attached hydrogens (tertiary/aromatic N) is 3. The van der Waals surface area contributed by atoms with E-state index in [0.717, 1.165) is 17.3 Å². The maximum Gasteiger partial charge on any atom is 0.337 e. The van der Waals surface area contributed by atoms with Crippen LogP contribution in [-0.4, -0.2) is 32.3 Å². The van der Waals surface area contributed by atoms with E-state index in [0.29, 0.717) is 18.3 Å². The number of carbonyl (C=O) groups is 1. The van der Waals surface area contributed by atoms with Crippen molar-refractivity contribution in [3.05, 3.63) is 22.4 Å². The van der Waals surface area contributed by atoms with Gasteiger partial charge in [0.2, 0.25) is 5.95 Å². The molecule has 1 aliphatic carbocycles. The summed E-state index contributed by atoms with van der Waals surface area (Å²) in [7, 11) is 0. The molecule has 1 aliphatic rings. The first-order valence-electron chi connectivity index (χ1n) is 6.41. The van der Waals surface area contributed by atoms with Gasteiger partial charge in [-0.05, 0) is 41.8 Å². The van der Waals surface area contributed by atoms with Crippen molar-refractivity contribution in [1.82, 2.24) is 19.7 Å². The third-order valence-corrected chi connectivity index (χ3v) is 3.39. The molecule has 0 unspecified atom stereocenters. The van der Waals surface area contributed by atoms with Gasteiger partial charge in [-0.3, -0.25) is 10.1 Å². The summed E-state index contributed by atoms with van der Waals surface area (Å²) in [6.45, 7) is 2.32. The molecule has 1 amide bonds. The van der Waals surface area contributed by atoms with E-state index in [1.54, 1.807) is 6.07 Å². The Bertz CT molecular complexity index is 632. The molecule has 2 heterocycles. The van der Waals surface area contributed by atoms with Crippen molar-refractivity contribution in [2.75, 3.05) is 11.9 Å². The summed E-state index contributed by atoms with van der Waals surface area (Å²) in [5.74, 6) is 0.0555. The number of hydrogen-bond acceptors (Lipinski definition) is 4. The van der Waals surface area contributed by atoms with Gasteiger partial charge in [0.15, 0.2) is 0 Å². The Hall–Kier alpha value is -1.83. The van der Waals surface area contributed by atoms with Crippen LogP contribution >= 0.6 is 15.9 Å². The molecule has 8 heteroatoms. The van der Waals surface area contributed by atoms with Crippen LogP contribution in [0.25, 0.3) is 0 Å². The van der Waals surface area contributed by atoms with E-state index in [1.165, 1.54) is 0 Å². The summed E-state index contributed by atoms with van der Waals surface area (Å²) in [6, 6.07) is 2.45. The molecule has 20 heavy (non-hydrogen) atoms. The number of anilines is 1. The Balaban J connectivity index is 1.75. The normalized spacial score (nSPS) is 14.3. The minimum Gasteiger partial charge on any atom is -0.463 e. The fraction of sp³-hybridized carbons (Fsp3) is 0.417. The summed E-state index contributed by atoms with van der Waals surface area (Å²) in [5.41, 5.74) is 0.605. The van der Waals surface area contributed by atoms with Gasteiger partial charge in [0.25, 0.3) is 5.91 Å². The van der Waals surface area contributed by atoms with Crippen molar-refractivity contribution in [2.45, 2.75) is 25.8 Å². The van der Waals surface area contributed by atoms with Crippen molar-refractivity contribution in [1.29, 1.82) is 0 Å². The van der Waals surface area contributed by atoms with E-state index in [4.69, 9.17) is 4.74 Å². The van der Waals surface area contributed by atoms with Crippen LogP contribution in [0, 0.1) is 0 Å². The second kappa shape index (κ2) is 5.28. The molecule has 2 N–H and O–H groups in total. The SMILES string of the molecule is CCOc1n[nH]c(NC(=O)c2cc(Br)cn2C2CC2)n1. The predicted octanol–water partition coefficient (Wildman–Crippen LogP) is 2.35. The van der Waals surface area contributed by atoms with Gasteiger partial charge < -0.3 is 9.30 Å². The van der Waals surface area contributed by atoms with Crippen LogP contribution in [0.1, 0.15) is 36.3 Å². The summed E-state index contributed by atoms with van der Waals surface area (Å²) in [6.07, 6.45) is 4.15. The van der Waals surface area contributed by atoms with Crippen molar-refractivity contribution >= 4 is 27.8 Å². The summed E-state index contributed by atoms with van der Waals surface area (Å²) in [5, 5.41) is 9.15. The highest BCUT2D eigenvalue weighted by molar-refractivity contribution is 9.10. The zero-order valence-corrected chi connectivity index (χ0v) is 12.5. The van der Waals surface area contributed by atoms with Gasteiger partial charge in [0.05, 0.1) is 6.61 Å². The maximum absolute atomic E-state index is 12.3. The largest absolute Gasteiger partial charge is 0.463 e. The number of aromatic amines is 1. The zero-order valence-electron chi connectivity index (χ0n) is 10.9. The average Bonchev–Trinajstić information content (AvgIpc) is 3.05. The minimum absolute atomic E-state index is 0.221. The first-order chi connectivity index (χ1) is 9.67. The Kier molecular flexibility index (Phi) is 3.47. The van der Waals surface area contributed by atoms with E-state index < -0.39 is 0 Å². The molecule has 0 bridgehead atoms. The van der Waals surface area contributed by atoms with Crippen LogP contribution in [0.5, 0.6) is 6.01 Å². The molecule has 0 aromatic carbocycles. The highest BCUT2D eigenvalue weighted by Gasteiger charge is 2.28. The lowest BCUT2D eigenvalue weighted by molar-refractivity contribution is 0.101. The number of hydrogen-bond donors (Lipinski definition) is 2. The molecular weight excluding hydrogens is 326 g/mol. The van der Waals surface area contributed by atoms with Gasteiger partial charge in [-0.25, -0.2) is 5.10 Å². The third kappa shape index (κ3) is 2.69. The highest BCUT2D eigenvalue weighted by Crippen LogP contribution is 2.37. The molecule has 0 radical (unpaired) electrons. The lowest BCUT2D eigenvalue weighted by atomic mass is 10.4. The molecular formula is C12H14BrN5O2. The van der Waals surface area contributed by atoms with Gasteiger partial charge in [-0.15, -0.1) is 5.10 Å². The standard InChI is InChI=1S/C12H14BrN5O2/c1-2-20-12-15-11(16-17-12)14-10(19)9-5-7(13)6-18(9)8-3-4-8/h5-6,8H,2-4H2,1H3,(H2,14,15,16,17,19). The topological polar surface area (TPSA) is 84.8 Å². The molecule has 0 saturated heterocycles. The molecule has 1 fully saturated rings. The summed E-state index contributed by atoms with van der Waals surface area (Å²) in [4.78, 5) is 16.3. The fourth-order valence-electron chi connectivity index (χ4n) is 1.95. The Labute approximate surface area is 123 Å². The summed E-state index contributed by atoms with van der Waals surface area (Å²) >= 11 is 3.40. The number of amides is 1. The smallest absolute Gasteiger partial charge is 0.337 e. The Morgan fingerprint density at radius 3 is 3.15 bits per heavy atom. The number of rotatable bonds is 5. The molecule has 0 aliphatic heterocycles. The average molecular weight is 340 g/mol. The maximum atomic E-state index is 12.3. The summed E-state index contributed by atoms with van der Waals surface area (Å²) < 4.78 is 8.01. The van der Waals surface area contributed by atoms with Crippen molar-refractivity contribution in [3.8, 4) is 6.01 Å². The first kappa shape index (κ1) is 13.2. The zero-order chi connectivity index (χ0) is 14.1. The number of halogens is 1. The number of ether oxygens (including phenoxy) is 1. The third-order valence-electron chi connectivity index (χ3n) is 2.96. The van der Waals surface area contributed by atoms with Crippen molar-refractivity contribution in [2.24, 2.45) is 0 Å². The predicted molar refractivity (Wildman–Crippen MR) is 75.9 cm³/mol. The molecule has 2 aromatic rings. The molecule has 1 saturated carbocycles. The van der Waals surface area contributed by atoms with Crippen LogP contribution in [0.15, 0.2) is 16.7 Å². The number of carbonyl (C=O) groups excluding carboxylic acids is 1. The number of H-pyrrole nitrogens is 1. The minimum atomic E-state index is -0.221. The van der Waals surface area contributed by atoms with Crippen LogP contribution in [0.2, 0.25) is 0 Å². The fourth-order valence-corrected chi connectivity index (χ4v) is 2.39. The molecule has 3 rings (SSSR count). The van der Waals surface area contributed by atoms with Gasteiger partial charge in [-0.1, -0.05) is 0 Å². The van der Waals surface area contributed by atoms with E-state index in [2.05, 4.69) is 36.4 Å². The van der Waals surface area contributed by atoms with Gasteiger partial charge in [0.1, 0.15) is 5.69 Å². The first-order valence-corrected chi connectivity index (χ1v) is 7.20. The van der Waals surface area contributed by atoms with Crippen molar-refractivity contribution < 1.29 is 9.53 Å². The van der Waals surface area contributed by atoms with E-state index in [1.807, 2.05) is 17.7 Å². The van der Waals surface area contributed by atoms with Gasteiger partial charge >= 0.3 is 6.01 Å². The highest BCUT2D eigenvalue weighted by atomic mass is 79.9. The molecule has 0 atom stereocenters. The van der Waals surface area contributed by atoms with E-state index in [-0.39, 0.29) is 17.9 Å². The molecule has 106 valence electrons. The van der Waals surface area contributed by atoms with E-state index in [9.17, 15) is 4.79 Å². The van der Waals surface area contributed by atoms with Crippen LogP contribution in [0.4, 0.5) is 5.95 Å².